The zero-order chi connectivity index (χ0) is 25.7. The van der Waals surface area contributed by atoms with Gasteiger partial charge in [-0.25, -0.2) is 22.7 Å². The molecule has 9 nitrogen and oxygen atoms in total. The van der Waals surface area contributed by atoms with Crippen molar-refractivity contribution >= 4 is 27.4 Å². The Morgan fingerprint density at radius 2 is 1.67 bits per heavy atom. The van der Waals surface area contributed by atoms with Crippen LogP contribution in [0.25, 0.3) is 5.65 Å². The molecule has 192 valence electrons. The molecule has 2 aromatic heterocycles. The van der Waals surface area contributed by atoms with Gasteiger partial charge in [-0.1, -0.05) is 18.2 Å². The first-order chi connectivity index (χ1) is 17.1. The van der Waals surface area contributed by atoms with Crippen molar-refractivity contribution in [3.05, 3.63) is 47.3 Å². The van der Waals surface area contributed by atoms with E-state index in [0.29, 0.717) is 37.6 Å². The summed E-state index contributed by atoms with van der Waals surface area (Å²) in [5.41, 5.74) is 2.88. The van der Waals surface area contributed by atoms with Crippen molar-refractivity contribution in [3.8, 4) is 0 Å². The van der Waals surface area contributed by atoms with Crippen molar-refractivity contribution in [2.75, 3.05) is 31.1 Å². The number of fused-ring (bicyclic) bond motifs is 3. The van der Waals surface area contributed by atoms with Crippen LogP contribution in [0.3, 0.4) is 0 Å². The molecule has 1 amide bonds. The maximum atomic E-state index is 14.0. The number of hydrogen-bond acceptors (Lipinski definition) is 7. The van der Waals surface area contributed by atoms with Gasteiger partial charge in [0.05, 0.1) is 4.90 Å². The molecule has 0 atom stereocenters. The van der Waals surface area contributed by atoms with Gasteiger partial charge in [0.15, 0.2) is 16.4 Å². The fourth-order valence-electron chi connectivity index (χ4n) is 5.00. The summed E-state index contributed by atoms with van der Waals surface area (Å²) >= 11 is 0. The van der Waals surface area contributed by atoms with Crippen molar-refractivity contribution in [3.63, 3.8) is 0 Å². The third kappa shape index (κ3) is 4.42. The number of ether oxygens (including phenoxy) is 1. The molecule has 0 bridgehead atoms. The van der Waals surface area contributed by atoms with E-state index in [4.69, 9.17) is 14.8 Å². The number of anilines is 1. The lowest BCUT2D eigenvalue weighted by Crippen LogP contribution is -2.50. The quantitative estimate of drug-likeness (QED) is 0.528. The van der Waals surface area contributed by atoms with E-state index in [1.807, 2.05) is 32.6 Å². The number of rotatable bonds is 3. The molecular weight excluding hydrogens is 478 g/mol. The number of piperazine rings is 1. The van der Waals surface area contributed by atoms with Crippen LogP contribution in [-0.4, -0.2) is 65.8 Å². The van der Waals surface area contributed by atoms with Crippen LogP contribution in [0.5, 0.6) is 0 Å². The molecular formula is C26H33N5O4S. The van der Waals surface area contributed by atoms with E-state index in [9.17, 15) is 13.2 Å². The van der Waals surface area contributed by atoms with Gasteiger partial charge in [0.2, 0.25) is 9.84 Å². The first kappa shape index (κ1) is 24.5. The average molecular weight is 512 g/mol. The van der Waals surface area contributed by atoms with Crippen LogP contribution in [-0.2, 0) is 27.4 Å². The second-order valence-corrected chi connectivity index (χ2v) is 12.4. The average Bonchev–Trinajstić information content (AvgIpc) is 3.24. The molecule has 1 aliphatic carbocycles. The lowest BCUT2D eigenvalue weighted by molar-refractivity contribution is 0.0240. The standard InChI is InChI=1S/C26H33N5O4S/c1-18-20-12-8-9-13-21(20)31-23(27-18)22(36(33,34)19-10-6-5-7-11-19)24(28-31)29-14-16-30(17-15-29)25(32)35-26(2,3)4/h5-7,10-11H,8-9,12-17H2,1-4H3. The normalized spacial score (nSPS) is 16.8. The van der Waals surface area contributed by atoms with E-state index >= 15 is 0 Å². The molecule has 0 unspecified atom stereocenters. The van der Waals surface area contributed by atoms with E-state index in [-0.39, 0.29) is 15.9 Å². The number of sulfone groups is 1. The number of nitrogens with zero attached hydrogens (tertiary/aromatic N) is 5. The summed E-state index contributed by atoms with van der Waals surface area (Å²) in [7, 11) is -3.89. The molecule has 3 aromatic rings. The minimum atomic E-state index is -3.89. The van der Waals surface area contributed by atoms with Crippen LogP contribution in [0.2, 0.25) is 0 Å². The lowest BCUT2D eigenvalue weighted by atomic mass is 9.95. The number of carbonyl (C=O) groups is 1. The van der Waals surface area contributed by atoms with Crippen molar-refractivity contribution < 1.29 is 17.9 Å². The number of hydrogen-bond donors (Lipinski definition) is 0. The Balaban J connectivity index is 1.59. The van der Waals surface area contributed by atoms with E-state index in [1.54, 1.807) is 39.7 Å². The molecule has 5 rings (SSSR count). The van der Waals surface area contributed by atoms with Crippen LogP contribution >= 0.6 is 0 Å². The largest absolute Gasteiger partial charge is 0.444 e. The number of aromatic nitrogens is 3. The highest BCUT2D eigenvalue weighted by Gasteiger charge is 2.35. The van der Waals surface area contributed by atoms with Gasteiger partial charge >= 0.3 is 6.09 Å². The number of amides is 1. The zero-order valence-electron chi connectivity index (χ0n) is 21.3. The fourth-order valence-corrected chi connectivity index (χ4v) is 6.54. The van der Waals surface area contributed by atoms with Crippen molar-refractivity contribution in [1.82, 2.24) is 19.5 Å². The molecule has 0 spiro atoms. The summed E-state index contributed by atoms with van der Waals surface area (Å²) in [6.45, 7) is 9.20. The van der Waals surface area contributed by atoms with Gasteiger partial charge in [-0.3, -0.25) is 0 Å². The smallest absolute Gasteiger partial charge is 0.410 e. The Kier molecular flexibility index (Phi) is 6.18. The van der Waals surface area contributed by atoms with Crippen molar-refractivity contribution in [2.24, 2.45) is 0 Å². The maximum absolute atomic E-state index is 14.0. The van der Waals surface area contributed by atoms with Crippen LogP contribution in [0.15, 0.2) is 40.1 Å². The van der Waals surface area contributed by atoms with E-state index in [0.717, 1.165) is 37.1 Å². The Labute approximate surface area is 212 Å². The van der Waals surface area contributed by atoms with Gasteiger partial charge in [-0.2, -0.15) is 0 Å². The Hall–Kier alpha value is -3.14. The molecule has 1 aromatic carbocycles. The Morgan fingerprint density at radius 3 is 2.33 bits per heavy atom. The number of carbonyl (C=O) groups excluding carboxylic acids is 1. The molecule has 1 aliphatic heterocycles. The van der Waals surface area contributed by atoms with Crippen molar-refractivity contribution in [1.29, 1.82) is 0 Å². The second-order valence-electron chi connectivity index (χ2n) is 10.5. The first-order valence-corrected chi connectivity index (χ1v) is 14.0. The van der Waals surface area contributed by atoms with Crippen LogP contribution in [0, 0.1) is 6.92 Å². The highest BCUT2D eigenvalue weighted by atomic mass is 32.2. The van der Waals surface area contributed by atoms with Crippen LogP contribution in [0.4, 0.5) is 10.6 Å². The highest BCUT2D eigenvalue weighted by molar-refractivity contribution is 7.91. The third-order valence-corrected chi connectivity index (χ3v) is 8.55. The van der Waals surface area contributed by atoms with Gasteiger partial charge in [0.25, 0.3) is 0 Å². The highest BCUT2D eigenvalue weighted by Crippen LogP contribution is 2.36. The predicted octanol–water partition coefficient (Wildman–Crippen LogP) is 3.81. The summed E-state index contributed by atoms with van der Waals surface area (Å²) in [5, 5.41) is 4.88. The molecule has 10 heteroatoms. The second kappa shape index (κ2) is 9.06. The maximum Gasteiger partial charge on any atom is 0.410 e. The summed E-state index contributed by atoms with van der Waals surface area (Å²) in [4.78, 5) is 21.3. The monoisotopic (exact) mass is 511 g/mol. The number of benzene rings is 1. The minimum Gasteiger partial charge on any atom is -0.444 e. The summed E-state index contributed by atoms with van der Waals surface area (Å²) < 4.78 is 35.2. The fraction of sp³-hybridized carbons (Fsp3) is 0.500. The van der Waals surface area contributed by atoms with Gasteiger partial charge in [0.1, 0.15) is 5.60 Å². The van der Waals surface area contributed by atoms with E-state index in [1.165, 1.54) is 5.56 Å². The molecule has 1 saturated heterocycles. The molecule has 0 radical (unpaired) electrons. The molecule has 0 saturated carbocycles. The van der Waals surface area contributed by atoms with Crippen LogP contribution in [0.1, 0.15) is 50.6 Å². The van der Waals surface area contributed by atoms with Gasteiger partial charge in [-0.05, 0) is 71.1 Å². The third-order valence-electron chi connectivity index (χ3n) is 6.76. The zero-order valence-corrected chi connectivity index (χ0v) is 22.1. The molecule has 36 heavy (non-hydrogen) atoms. The van der Waals surface area contributed by atoms with Gasteiger partial charge < -0.3 is 14.5 Å². The SMILES string of the molecule is Cc1nc2c(S(=O)(=O)c3ccccc3)c(N3CCN(C(=O)OC(C)(C)C)CC3)nn2c2c1CCCC2. The topological polar surface area (TPSA) is 97.1 Å². The predicted molar refractivity (Wildman–Crippen MR) is 136 cm³/mol. The molecule has 2 aliphatic rings. The lowest BCUT2D eigenvalue weighted by Gasteiger charge is -2.35. The summed E-state index contributed by atoms with van der Waals surface area (Å²) in [5.74, 6) is 0.397. The van der Waals surface area contributed by atoms with Gasteiger partial charge in [0, 0.05) is 37.6 Å². The summed E-state index contributed by atoms with van der Waals surface area (Å²) in [6, 6.07) is 8.45. The molecule has 0 N–H and O–H groups in total. The number of aryl methyl sites for hydroxylation is 2. The minimum absolute atomic E-state index is 0.135. The van der Waals surface area contributed by atoms with E-state index < -0.39 is 15.4 Å². The van der Waals surface area contributed by atoms with Crippen molar-refractivity contribution in [2.45, 2.75) is 68.8 Å². The Morgan fingerprint density at radius 1 is 1.00 bits per heavy atom. The van der Waals surface area contributed by atoms with Crippen LogP contribution < -0.4 is 4.90 Å². The molecule has 1 fully saturated rings. The summed E-state index contributed by atoms with van der Waals surface area (Å²) in [6.07, 6.45) is 3.54. The first-order valence-electron chi connectivity index (χ1n) is 12.5. The van der Waals surface area contributed by atoms with E-state index in [2.05, 4.69) is 0 Å². The molecule has 3 heterocycles. The van der Waals surface area contributed by atoms with Gasteiger partial charge in [-0.15, -0.1) is 5.10 Å². The Bertz CT molecular complexity index is 1400.